The summed E-state index contributed by atoms with van der Waals surface area (Å²) < 4.78 is 5.42. The van der Waals surface area contributed by atoms with E-state index in [1.54, 1.807) is 0 Å². The summed E-state index contributed by atoms with van der Waals surface area (Å²) in [5.41, 5.74) is 2.34. The van der Waals surface area contributed by atoms with Crippen molar-refractivity contribution in [1.82, 2.24) is 9.80 Å². The van der Waals surface area contributed by atoms with Gasteiger partial charge in [-0.1, -0.05) is 18.6 Å². The number of hydrogen-bond acceptors (Lipinski definition) is 4. The molecule has 1 N–H and O–H groups in total. The molecule has 1 aromatic carbocycles. The van der Waals surface area contributed by atoms with Crippen LogP contribution >= 0.6 is 0 Å². The molecule has 0 spiro atoms. The second kappa shape index (κ2) is 8.51. The fourth-order valence-electron chi connectivity index (χ4n) is 4.13. The monoisotopic (exact) mass is 357 g/mol. The Morgan fingerprint density at radius 2 is 1.77 bits per heavy atom. The zero-order valence-electron chi connectivity index (χ0n) is 15.7. The predicted molar refractivity (Wildman–Crippen MR) is 104 cm³/mol. The van der Waals surface area contributed by atoms with Crippen LogP contribution in [0, 0.1) is 0 Å². The van der Waals surface area contributed by atoms with Gasteiger partial charge < -0.3 is 10.1 Å². The van der Waals surface area contributed by atoms with Gasteiger partial charge in [0.2, 0.25) is 5.91 Å². The van der Waals surface area contributed by atoms with Crippen molar-refractivity contribution in [3.8, 4) is 0 Å². The van der Waals surface area contributed by atoms with Gasteiger partial charge in [-0.2, -0.15) is 0 Å². The number of nitrogens with one attached hydrogen (secondary N) is 1. The average Bonchev–Trinajstić information content (AvgIpc) is 3.53. The van der Waals surface area contributed by atoms with E-state index in [1.165, 1.54) is 24.8 Å². The largest absolute Gasteiger partial charge is 0.379 e. The molecule has 1 saturated carbocycles. The summed E-state index contributed by atoms with van der Waals surface area (Å²) in [6, 6.07) is 8.47. The number of nitrogens with zero attached hydrogens (tertiary/aromatic N) is 2. The van der Waals surface area contributed by atoms with E-state index in [-0.39, 0.29) is 11.9 Å². The number of anilines is 1. The van der Waals surface area contributed by atoms with Gasteiger partial charge >= 0.3 is 0 Å². The van der Waals surface area contributed by atoms with Crippen LogP contribution in [0.1, 0.15) is 43.6 Å². The van der Waals surface area contributed by atoms with Crippen LogP contribution in [0.2, 0.25) is 0 Å². The van der Waals surface area contributed by atoms with Crippen LogP contribution in [0.3, 0.4) is 0 Å². The summed E-state index contributed by atoms with van der Waals surface area (Å²) in [6.07, 6.45) is 5.93. The molecule has 5 nitrogen and oxygen atoms in total. The fourth-order valence-corrected chi connectivity index (χ4v) is 4.13. The van der Waals surface area contributed by atoms with Crippen molar-refractivity contribution >= 4 is 11.6 Å². The Balaban J connectivity index is 1.31. The molecular weight excluding hydrogens is 326 g/mol. The van der Waals surface area contributed by atoms with Gasteiger partial charge in [-0.25, -0.2) is 0 Å². The zero-order valence-corrected chi connectivity index (χ0v) is 15.7. The van der Waals surface area contributed by atoms with Crippen molar-refractivity contribution in [2.75, 3.05) is 51.3 Å². The topological polar surface area (TPSA) is 44.8 Å². The molecule has 1 aromatic rings. The molecule has 1 aliphatic carbocycles. The molecule has 142 valence electrons. The first-order chi connectivity index (χ1) is 12.8. The molecule has 26 heavy (non-hydrogen) atoms. The highest BCUT2D eigenvalue weighted by Gasteiger charge is 2.29. The first-order valence-electron chi connectivity index (χ1n) is 10.2. The maximum atomic E-state index is 12.9. The number of benzene rings is 1. The predicted octanol–water partition coefficient (Wildman–Crippen LogP) is 2.69. The SMILES string of the molecule is O=C(Nc1ccc(C2CC2)cc1)[C@H]1CCCCN1CCN1CCOCC1. The van der Waals surface area contributed by atoms with E-state index in [0.29, 0.717) is 0 Å². The number of carbonyl (C=O) groups is 1. The van der Waals surface area contributed by atoms with E-state index in [1.807, 2.05) is 0 Å². The number of morpholine rings is 1. The van der Waals surface area contributed by atoms with E-state index in [0.717, 1.165) is 70.4 Å². The van der Waals surface area contributed by atoms with Gasteiger partial charge in [-0.05, 0) is 55.8 Å². The van der Waals surface area contributed by atoms with Gasteiger partial charge in [0.15, 0.2) is 0 Å². The molecule has 2 heterocycles. The zero-order chi connectivity index (χ0) is 17.8. The van der Waals surface area contributed by atoms with Crippen molar-refractivity contribution in [2.45, 2.75) is 44.1 Å². The van der Waals surface area contributed by atoms with Crippen molar-refractivity contribution in [2.24, 2.45) is 0 Å². The van der Waals surface area contributed by atoms with E-state index < -0.39 is 0 Å². The summed E-state index contributed by atoms with van der Waals surface area (Å²) in [6.45, 7) is 6.72. The van der Waals surface area contributed by atoms with Crippen molar-refractivity contribution in [1.29, 1.82) is 0 Å². The summed E-state index contributed by atoms with van der Waals surface area (Å²) in [5.74, 6) is 0.916. The molecule has 3 fully saturated rings. The van der Waals surface area contributed by atoms with Gasteiger partial charge in [0.25, 0.3) is 0 Å². The lowest BCUT2D eigenvalue weighted by molar-refractivity contribution is -0.122. The third-order valence-corrected chi connectivity index (χ3v) is 5.95. The third-order valence-electron chi connectivity index (χ3n) is 5.95. The molecule has 3 aliphatic rings. The first kappa shape index (κ1) is 18.0. The van der Waals surface area contributed by atoms with Crippen LogP contribution in [0.5, 0.6) is 0 Å². The minimum absolute atomic E-state index is 0.00731. The molecule has 0 radical (unpaired) electrons. The molecule has 2 saturated heterocycles. The number of amides is 1. The van der Waals surface area contributed by atoms with E-state index >= 15 is 0 Å². The Bertz CT molecular complexity index is 594. The highest BCUT2D eigenvalue weighted by Crippen LogP contribution is 2.40. The number of carbonyl (C=O) groups excluding carboxylic acids is 1. The lowest BCUT2D eigenvalue weighted by Gasteiger charge is -2.36. The summed E-state index contributed by atoms with van der Waals surface area (Å²) in [4.78, 5) is 17.7. The minimum atomic E-state index is 0.00731. The van der Waals surface area contributed by atoms with E-state index in [9.17, 15) is 4.79 Å². The van der Waals surface area contributed by atoms with Crippen LogP contribution < -0.4 is 5.32 Å². The first-order valence-corrected chi connectivity index (χ1v) is 10.2. The average molecular weight is 357 g/mol. The molecule has 0 unspecified atom stereocenters. The van der Waals surface area contributed by atoms with Crippen LogP contribution in [-0.4, -0.2) is 67.7 Å². The van der Waals surface area contributed by atoms with Crippen molar-refractivity contribution in [3.63, 3.8) is 0 Å². The van der Waals surface area contributed by atoms with E-state index in [2.05, 4.69) is 39.4 Å². The highest BCUT2D eigenvalue weighted by molar-refractivity contribution is 5.94. The van der Waals surface area contributed by atoms with Gasteiger partial charge in [0.1, 0.15) is 0 Å². The molecule has 4 rings (SSSR count). The number of piperidine rings is 1. The molecule has 5 heteroatoms. The molecule has 1 amide bonds. The van der Waals surface area contributed by atoms with Gasteiger partial charge in [-0.3, -0.25) is 14.6 Å². The van der Waals surface area contributed by atoms with Crippen molar-refractivity contribution in [3.05, 3.63) is 29.8 Å². The number of ether oxygens (including phenoxy) is 1. The normalized spacial score (nSPS) is 25.2. The maximum Gasteiger partial charge on any atom is 0.241 e. The van der Waals surface area contributed by atoms with Crippen molar-refractivity contribution < 1.29 is 9.53 Å². The number of rotatable bonds is 6. The molecule has 2 aliphatic heterocycles. The smallest absolute Gasteiger partial charge is 0.241 e. The Kier molecular flexibility index (Phi) is 5.88. The van der Waals surface area contributed by atoms with Gasteiger partial charge in [0, 0.05) is 31.9 Å². The maximum absolute atomic E-state index is 12.9. The third kappa shape index (κ3) is 4.64. The number of hydrogen-bond donors (Lipinski definition) is 1. The van der Waals surface area contributed by atoms with Gasteiger partial charge in [0.05, 0.1) is 19.3 Å². The van der Waals surface area contributed by atoms with Crippen LogP contribution in [0.25, 0.3) is 0 Å². The molecular formula is C21H31N3O2. The quantitative estimate of drug-likeness (QED) is 0.850. The Labute approximate surface area is 156 Å². The highest BCUT2D eigenvalue weighted by atomic mass is 16.5. The lowest BCUT2D eigenvalue weighted by Crippen LogP contribution is -2.50. The molecule has 0 aromatic heterocycles. The second-order valence-corrected chi connectivity index (χ2v) is 7.89. The Morgan fingerprint density at radius 1 is 1.00 bits per heavy atom. The Hall–Kier alpha value is -1.43. The second-order valence-electron chi connectivity index (χ2n) is 7.89. The standard InChI is InChI=1S/C21H31N3O2/c25-21(22-19-8-6-18(7-9-19)17-4-5-17)20-3-1-2-10-24(20)12-11-23-13-15-26-16-14-23/h6-9,17,20H,1-5,10-16H2,(H,22,25)/t20-/m1/s1. The van der Waals surface area contributed by atoms with Crippen LogP contribution in [0.15, 0.2) is 24.3 Å². The summed E-state index contributed by atoms with van der Waals surface area (Å²) in [5, 5.41) is 3.15. The summed E-state index contributed by atoms with van der Waals surface area (Å²) in [7, 11) is 0. The van der Waals surface area contributed by atoms with Gasteiger partial charge in [-0.15, -0.1) is 0 Å². The Morgan fingerprint density at radius 3 is 2.50 bits per heavy atom. The minimum Gasteiger partial charge on any atom is -0.379 e. The molecule has 1 atom stereocenters. The van der Waals surface area contributed by atoms with Crippen LogP contribution in [-0.2, 0) is 9.53 Å². The fraction of sp³-hybridized carbons (Fsp3) is 0.667. The number of likely N-dealkylation sites (tertiary alicyclic amines) is 1. The molecule has 0 bridgehead atoms. The van der Waals surface area contributed by atoms with Crippen LogP contribution in [0.4, 0.5) is 5.69 Å². The lowest BCUT2D eigenvalue weighted by atomic mass is 10.0. The van der Waals surface area contributed by atoms with E-state index in [4.69, 9.17) is 4.74 Å². The summed E-state index contributed by atoms with van der Waals surface area (Å²) >= 11 is 0.